The molecule has 2 aliphatic carbocycles. The van der Waals surface area contributed by atoms with E-state index in [2.05, 4.69) is 41.5 Å². The summed E-state index contributed by atoms with van der Waals surface area (Å²) in [5, 5.41) is 3.10. The van der Waals surface area contributed by atoms with Crippen molar-refractivity contribution in [3.8, 4) is 0 Å². The van der Waals surface area contributed by atoms with E-state index in [1.165, 1.54) is 44.5 Å². The number of amides is 1. The highest BCUT2D eigenvalue weighted by Crippen LogP contribution is 2.49. The Morgan fingerprint density at radius 3 is 2.54 bits per heavy atom. The number of piperazine rings is 1. The first kappa shape index (κ1) is 15.9. The number of benzene rings is 1. The van der Waals surface area contributed by atoms with Crippen molar-refractivity contribution in [2.24, 2.45) is 17.8 Å². The van der Waals surface area contributed by atoms with Gasteiger partial charge in [-0.3, -0.25) is 4.79 Å². The zero-order valence-corrected chi connectivity index (χ0v) is 14.8. The van der Waals surface area contributed by atoms with Gasteiger partial charge in [-0.15, -0.1) is 0 Å². The lowest BCUT2D eigenvalue weighted by Crippen LogP contribution is -3.12. The van der Waals surface area contributed by atoms with Crippen LogP contribution in [0, 0.1) is 17.8 Å². The number of hydrogen-bond acceptors (Lipinski definition) is 2. The van der Waals surface area contributed by atoms with Crippen molar-refractivity contribution in [1.82, 2.24) is 0 Å². The summed E-state index contributed by atoms with van der Waals surface area (Å²) in [6, 6.07) is 8.40. The van der Waals surface area contributed by atoms with Crippen molar-refractivity contribution in [2.75, 3.05) is 43.4 Å². The molecule has 4 nitrogen and oxygen atoms in total. The van der Waals surface area contributed by atoms with E-state index in [1.807, 2.05) is 0 Å². The summed E-state index contributed by atoms with van der Waals surface area (Å²) in [5.41, 5.74) is 2.21. The fourth-order valence-corrected chi connectivity index (χ4v) is 4.98. The Morgan fingerprint density at radius 1 is 1.17 bits per heavy atom. The Balaban J connectivity index is 1.29. The van der Waals surface area contributed by atoms with Crippen molar-refractivity contribution in [3.63, 3.8) is 0 Å². The van der Waals surface area contributed by atoms with Gasteiger partial charge >= 0.3 is 0 Å². The second-order valence-electron chi connectivity index (χ2n) is 8.18. The van der Waals surface area contributed by atoms with E-state index in [4.69, 9.17) is 0 Å². The van der Waals surface area contributed by atoms with Crippen molar-refractivity contribution in [3.05, 3.63) is 24.3 Å². The lowest BCUT2D eigenvalue weighted by Gasteiger charge is -2.31. The summed E-state index contributed by atoms with van der Waals surface area (Å²) in [6.45, 7) is 4.62. The maximum atomic E-state index is 12.3. The molecule has 2 saturated carbocycles. The van der Waals surface area contributed by atoms with Crippen LogP contribution in [0.2, 0.25) is 0 Å². The van der Waals surface area contributed by atoms with Gasteiger partial charge in [0.15, 0.2) is 0 Å². The van der Waals surface area contributed by atoms with Crippen LogP contribution in [0.5, 0.6) is 0 Å². The number of likely N-dealkylation sites (N-methyl/N-ethyl adjacent to an activating group) is 1. The molecule has 1 aromatic carbocycles. The van der Waals surface area contributed by atoms with Crippen molar-refractivity contribution < 1.29 is 9.69 Å². The summed E-state index contributed by atoms with van der Waals surface area (Å²) in [7, 11) is 2.26. The molecule has 3 fully saturated rings. The van der Waals surface area contributed by atoms with Crippen molar-refractivity contribution >= 4 is 17.3 Å². The Hall–Kier alpha value is -1.55. The summed E-state index contributed by atoms with van der Waals surface area (Å²) in [5.74, 6) is 2.57. The fourth-order valence-electron chi connectivity index (χ4n) is 4.98. The Bertz CT molecular complexity index is 577. The number of anilines is 2. The van der Waals surface area contributed by atoms with Crippen LogP contribution < -0.4 is 15.1 Å². The predicted octanol–water partition coefficient (Wildman–Crippen LogP) is 1.79. The van der Waals surface area contributed by atoms with Crippen LogP contribution >= 0.6 is 0 Å². The lowest BCUT2D eigenvalue weighted by atomic mass is 9.86. The monoisotopic (exact) mass is 328 g/mol. The minimum atomic E-state index is 0.198. The third kappa shape index (κ3) is 3.44. The van der Waals surface area contributed by atoms with Gasteiger partial charge in [-0.1, -0.05) is 6.42 Å². The van der Waals surface area contributed by atoms with Gasteiger partial charge in [0.05, 0.1) is 33.2 Å². The van der Waals surface area contributed by atoms with E-state index in [9.17, 15) is 4.79 Å². The van der Waals surface area contributed by atoms with Crippen LogP contribution in [0.15, 0.2) is 24.3 Å². The Labute approximate surface area is 145 Å². The highest BCUT2D eigenvalue weighted by Gasteiger charge is 2.40. The molecule has 3 aliphatic rings. The van der Waals surface area contributed by atoms with Crippen molar-refractivity contribution in [2.45, 2.75) is 32.1 Å². The van der Waals surface area contributed by atoms with E-state index in [0.29, 0.717) is 12.3 Å². The standard InChI is InChI=1S/C20H29N3O/c1-22-8-10-23(11-9-22)19-6-4-18(5-7-19)21-20(24)14-17-13-15-2-3-16(17)12-15/h4-7,15-17H,2-3,8-14H2,1H3,(H,21,24)/p+1/t15-,16+,17+/m0/s1. The second kappa shape index (κ2) is 6.75. The topological polar surface area (TPSA) is 36.8 Å². The minimum absolute atomic E-state index is 0.198. The molecule has 0 aromatic heterocycles. The quantitative estimate of drug-likeness (QED) is 0.884. The number of quaternary nitrogens is 1. The summed E-state index contributed by atoms with van der Waals surface area (Å²) in [6.07, 6.45) is 6.12. The first-order valence-corrected chi connectivity index (χ1v) is 9.63. The lowest BCUT2D eigenvalue weighted by molar-refractivity contribution is -0.880. The summed E-state index contributed by atoms with van der Waals surface area (Å²) < 4.78 is 0. The molecule has 2 N–H and O–H groups in total. The zero-order valence-electron chi connectivity index (χ0n) is 14.8. The van der Waals surface area contributed by atoms with E-state index in [-0.39, 0.29) is 5.91 Å². The normalized spacial score (nSPS) is 29.9. The SMILES string of the molecule is C[NH+]1CCN(c2ccc(NC(=O)C[C@H]3C[C@H]4CC[C@@H]3C4)cc2)CC1. The zero-order chi connectivity index (χ0) is 16.5. The van der Waals surface area contributed by atoms with Crippen molar-refractivity contribution in [1.29, 1.82) is 0 Å². The average Bonchev–Trinajstić information content (AvgIpc) is 3.19. The van der Waals surface area contributed by atoms with Crippen LogP contribution in [0.3, 0.4) is 0 Å². The summed E-state index contributed by atoms with van der Waals surface area (Å²) >= 11 is 0. The first-order valence-electron chi connectivity index (χ1n) is 9.63. The highest BCUT2D eigenvalue weighted by atomic mass is 16.1. The molecule has 1 amide bonds. The van der Waals surface area contributed by atoms with E-state index in [1.54, 1.807) is 4.90 Å². The minimum Gasteiger partial charge on any atom is -0.360 e. The van der Waals surface area contributed by atoms with Gasteiger partial charge in [-0.2, -0.15) is 0 Å². The van der Waals surface area contributed by atoms with Gasteiger partial charge in [0.1, 0.15) is 0 Å². The van der Waals surface area contributed by atoms with Crippen LogP contribution in [0.1, 0.15) is 32.1 Å². The molecule has 1 heterocycles. The number of hydrogen-bond donors (Lipinski definition) is 2. The third-order valence-corrected chi connectivity index (χ3v) is 6.47. The highest BCUT2D eigenvalue weighted by molar-refractivity contribution is 5.91. The number of nitrogens with zero attached hydrogens (tertiary/aromatic N) is 1. The van der Waals surface area contributed by atoms with E-state index < -0.39 is 0 Å². The smallest absolute Gasteiger partial charge is 0.224 e. The number of nitrogens with one attached hydrogen (secondary N) is 2. The van der Waals surface area contributed by atoms with E-state index in [0.717, 1.165) is 30.6 Å². The van der Waals surface area contributed by atoms with Gasteiger partial charge < -0.3 is 15.1 Å². The first-order chi connectivity index (χ1) is 11.7. The summed E-state index contributed by atoms with van der Waals surface area (Å²) in [4.78, 5) is 16.4. The molecule has 24 heavy (non-hydrogen) atoms. The number of carbonyl (C=O) groups is 1. The Morgan fingerprint density at radius 2 is 1.92 bits per heavy atom. The van der Waals surface area contributed by atoms with Gasteiger partial charge in [-0.05, 0) is 61.3 Å². The second-order valence-corrected chi connectivity index (χ2v) is 8.18. The molecule has 3 atom stereocenters. The molecule has 1 aliphatic heterocycles. The molecule has 0 unspecified atom stereocenters. The number of carbonyl (C=O) groups excluding carboxylic acids is 1. The number of fused-ring (bicyclic) bond motifs is 2. The largest absolute Gasteiger partial charge is 0.360 e. The molecule has 0 radical (unpaired) electrons. The molecule has 1 aromatic rings. The third-order valence-electron chi connectivity index (χ3n) is 6.47. The van der Waals surface area contributed by atoms with Crippen LogP contribution in [0.4, 0.5) is 11.4 Å². The molecule has 1 saturated heterocycles. The van der Waals surface area contributed by atoms with Gasteiger partial charge in [0.2, 0.25) is 5.91 Å². The molecule has 130 valence electrons. The number of rotatable bonds is 4. The Kier molecular flexibility index (Phi) is 4.49. The maximum absolute atomic E-state index is 12.3. The maximum Gasteiger partial charge on any atom is 0.224 e. The molecule has 2 bridgehead atoms. The molecule has 4 rings (SSSR count). The molecular formula is C20H30N3O+. The molecular weight excluding hydrogens is 298 g/mol. The molecule has 4 heteroatoms. The van der Waals surface area contributed by atoms with Crippen LogP contribution in [-0.4, -0.2) is 39.1 Å². The van der Waals surface area contributed by atoms with Crippen LogP contribution in [0.25, 0.3) is 0 Å². The van der Waals surface area contributed by atoms with Gasteiger partial charge in [0.25, 0.3) is 0 Å². The van der Waals surface area contributed by atoms with Gasteiger partial charge in [-0.25, -0.2) is 0 Å². The predicted molar refractivity (Wildman–Crippen MR) is 97.5 cm³/mol. The van der Waals surface area contributed by atoms with E-state index >= 15 is 0 Å². The fraction of sp³-hybridized carbons (Fsp3) is 0.650. The van der Waals surface area contributed by atoms with Crippen LogP contribution in [-0.2, 0) is 4.79 Å². The average molecular weight is 328 g/mol. The molecule has 0 spiro atoms. The van der Waals surface area contributed by atoms with Gasteiger partial charge in [0, 0.05) is 17.8 Å².